The average molecular weight is 211 g/mol. The molecule has 0 saturated carbocycles. The van der Waals surface area contributed by atoms with Gasteiger partial charge in [0, 0.05) is 38.3 Å². The van der Waals surface area contributed by atoms with Gasteiger partial charge in [0.05, 0.1) is 0 Å². The molecule has 0 spiro atoms. The largest absolute Gasteiger partial charge is 0.312 e. The molecule has 3 heteroatoms. The van der Waals surface area contributed by atoms with E-state index in [1.165, 1.54) is 39.1 Å². The van der Waals surface area contributed by atoms with Crippen LogP contribution in [0.5, 0.6) is 0 Å². The Kier molecular flexibility index (Phi) is 3.65. The number of nitrogens with one attached hydrogen (secondary N) is 1. The highest BCUT2D eigenvalue weighted by Gasteiger charge is 2.30. The molecule has 3 nitrogen and oxygen atoms in total. The first-order chi connectivity index (χ1) is 7.16. The maximum atomic E-state index is 3.52. The molecule has 2 heterocycles. The van der Waals surface area contributed by atoms with Crippen LogP contribution in [-0.4, -0.2) is 61.7 Å². The van der Waals surface area contributed by atoms with Crippen molar-refractivity contribution < 1.29 is 0 Å². The van der Waals surface area contributed by atoms with Crippen molar-refractivity contribution >= 4 is 0 Å². The van der Waals surface area contributed by atoms with Crippen LogP contribution >= 0.6 is 0 Å². The van der Waals surface area contributed by atoms with Gasteiger partial charge in [-0.1, -0.05) is 6.92 Å². The van der Waals surface area contributed by atoms with Crippen LogP contribution in [0.1, 0.15) is 20.3 Å². The molecule has 0 aromatic heterocycles. The van der Waals surface area contributed by atoms with Crippen molar-refractivity contribution in [2.45, 2.75) is 32.4 Å². The molecule has 15 heavy (non-hydrogen) atoms. The highest BCUT2D eigenvalue weighted by Crippen LogP contribution is 2.22. The van der Waals surface area contributed by atoms with E-state index in [0.717, 1.165) is 12.0 Å². The Morgan fingerprint density at radius 1 is 1.13 bits per heavy atom. The Balaban J connectivity index is 1.91. The van der Waals surface area contributed by atoms with Gasteiger partial charge in [-0.3, -0.25) is 4.90 Å². The lowest BCUT2D eigenvalue weighted by Gasteiger charge is -2.44. The molecule has 2 saturated heterocycles. The van der Waals surface area contributed by atoms with E-state index in [2.05, 4.69) is 36.0 Å². The van der Waals surface area contributed by atoms with E-state index in [1.54, 1.807) is 0 Å². The number of rotatable bonds is 1. The minimum atomic E-state index is 0.672. The molecule has 0 aromatic carbocycles. The zero-order valence-electron chi connectivity index (χ0n) is 10.4. The lowest BCUT2D eigenvalue weighted by atomic mass is 9.92. The molecular formula is C12H25N3. The minimum absolute atomic E-state index is 0.672. The van der Waals surface area contributed by atoms with Crippen LogP contribution in [0.15, 0.2) is 0 Å². The van der Waals surface area contributed by atoms with Gasteiger partial charge < -0.3 is 10.2 Å². The number of piperidine rings is 1. The molecule has 3 unspecified atom stereocenters. The second-order valence-corrected chi connectivity index (χ2v) is 5.45. The van der Waals surface area contributed by atoms with Crippen LogP contribution in [-0.2, 0) is 0 Å². The highest BCUT2D eigenvalue weighted by atomic mass is 15.2. The third kappa shape index (κ3) is 2.71. The normalized spacial score (nSPS) is 40.6. The van der Waals surface area contributed by atoms with E-state index in [1.807, 2.05) is 0 Å². The molecule has 3 atom stereocenters. The van der Waals surface area contributed by atoms with Gasteiger partial charge in [0.2, 0.25) is 0 Å². The van der Waals surface area contributed by atoms with Crippen molar-refractivity contribution in [3.8, 4) is 0 Å². The highest BCUT2D eigenvalue weighted by molar-refractivity contribution is 4.87. The Hall–Kier alpha value is -0.120. The van der Waals surface area contributed by atoms with Crippen molar-refractivity contribution in [1.82, 2.24) is 15.1 Å². The summed E-state index contributed by atoms with van der Waals surface area (Å²) in [6, 6.07) is 1.50. The fourth-order valence-corrected chi connectivity index (χ4v) is 3.15. The van der Waals surface area contributed by atoms with Gasteiger partial charge in [0.15, 0.2) is 0 Å². The van der Waals surface area contributed by atoms with Crippen LogP contribution in [0.2, 0.25) is 0 Å². The summed E-state index contributed by atoms with van der Waals surface area (Å²) in [4.78, 5) is 5.17. The van der Waals surface area contributed by atoms with Gasteiger partial charge in [0.25, 0.3) is 0 Å². The molecule has 0 radical (unpaired) electrons. The van der Waals surface area contributed by atoms with Crippen LogP contribution in [0.25, 0.3) is 0 Å². The summed E-state index contributed by atoms with van der Waals surface area (Å²) >= 11 is 0. The zero-order valence-corrected chi connectivity index (χ0v) is 10.4. The van der Waals surface area contributed by atoms with E-state index in [4.69, 9.17) is 0 Å². The van der Waals surface area contributed by atoms with Crippen LogP contribution in [0.4, 0.5) is 0 Å². The third-order valence-corrected chi connectivity index (χ3v) is 3.93. The summed E-state index contributed by atoms with van der Waals surface area (Å²) in [6.45, 7) is 10.9. The van der Waals surface area contributed by atoms with E-state index in [9.17, 15) is 0 Å². The van der Waals surface area contributed by atoms with Crippen molar-refractivity contribution in [2.24, 2.45) is 5.92 Å². The van der Waals surface area contributed by atoms with Gasteiger partial charge in [-0.25, -0.2) is 0 Å². The van der Waals surface area contributed by atoms with Gasteiger partial charge >= 0.3 is 0 Å². The predicted molar refractivity (Wildman–Crippen MR) is 64.1 cm³/mol. The first-order valence-electron chi connectivity index (χ1n) is 6.33. The van der Waals surface area contributed by atoms with Crippen LogP contribution < -0.4 is 5.32 Å². The van der Waals surface area contributed by atoms with Gasteiger partial charge in [-0.15, -0.1) is 0 Å². The van der Waals surface area contributed by atoms with Crippen molar-refractivity contribution in [3.05, 3.63) is 0 Å². The van der Waals surface area contributed by atoms with E-state index in [0.29, 0.717) is 6.04 Å². The van der Waals surface area contributed by atoms with Crippen LogP contribution in [0, 0.1) is 5.92 Å². The number of piperazine rings is 1. The monoisotopic (exact) mass is 211 g/mol. The van der Waals surface area contributed by atoms with E-state index < -0.39 is 0 Å². The first kappa shape index (κ1) is 11.4. The summed E-state index contributed by atoms with van der Waals surface area (Å²) in [5.41, 5.74) is 0. The number of likely N-dealkylation sites (tertiary alicyclic amines) is 1. The quantitative estimate of drug-likeness (QED) is 0.686. The summed E-state index contributed by atoms with van der Waals surface area (Å²) in [5.74, 6) is 0.828. The van der Waals surface area contributed by atoms with Crippen LogP contribution in [0.3, 0.4) is 0 Å². The third-order valence-electron chi connectivity index (χ3n) is 3.93. The van der Waals surface area contributed by atoms with E-state index in [-0.39, 0.29) is 0 Å². The molecule has 0 amide bonds. The molecule has 2 rings (SSSR count). The molecule has 2 aliphatic rings. The molecule has 1 N–H and O–H groups in total. The fourth-order valence-electron chi connectivity index (χ4n) is 3.15. The Morgan fingerprint density at radius 2 is 1.93 bits per heavy atom. The molecule has 0 bridgehead atoms. The first-order valence-corrected chi connectivity index (χ1v) is 6.33. The van der Waals surface area contributed by atoms with Gasteiger partial charge in [0.1, 0.15) is 0 Å². The molecule has 2 aliphatic heterocycles. The summed E-state index contributed by atoms with van der Waals surface area (Å²) in [5, 5.41) is 3.52. The lowest BCUT2D eigenvalue weighted by Crippen LogP contribution is -2.57. The Morgan fingerprint density at radius 3 is 2.60 bits per heavy atom. The molecular weight excluding hydrogens is 186 g/mol. The fraction of sp³-hybridized carbons (Fsp3) is 1.00. The molecule has 0 aromatic rings. The number of hydrogen-bond acceptors (Lipinski definition) is 3. The SMILES string of the molecule is CC1CN(C2CCN(C)CC2C)CCN1. The topological polar surface area (TPSA) is 18.5 Å². The molecule has 2 fully saturated rings. The summed E-state index contributed by atoms with van der Waals surface area (Å²) in [7, 11) is 2.24. The van der Waals surface area contributed by atoms with Crippen molar-refractivity contribution in [1.29, 1.82) is 0 Å². The maximum Gasteiger partial charge on any atom is 0.0167 e. The lowest BCUT2D eigenvalue weighted by molar-refractivity contribution is 0.0563. The number of hydrogen-bond donors (Lipinski definition) is 1. The van der Waals surface area contributed by atoms with Crippen molar-refractivity contribution in [2.75, 3.05) is 39.8 Å². The average Bonchev–Trinajstić information content (AvgIpc) is 2.17. The van der Waals surface area contributed by atoms with Gasteiger partial charge in [-0.2, -0.15) is 0 Å². The second kappa shape index (κ2) is 4.81. The van der Waals surface area contributed by atoms with Crippen molar-refractivity contribution in [3.63, 3.8) is 0 Å². The minimum Gasteiger partial charge on any atom is -0.312 e. The maximum absolute atomic E-state index is 3.52. The Labute approximate surface area is 93.8 Å². The summed E-state index contributed by atoms with van der Waals surface area (Å²) in [6.07, 6.45) is 1.35. The molecule has 0 aliphatic carbocycles. The zero-order chi connectivity index (χ0) is 10.8. The smallest absolute Gasteiger partial charge is 0.0167 e. The van der Waals surface area contributed by atoms with E-state index >= 15 is 0 Å². The number of nitrogens with zero attached hydrogens (tertiary/aromatic N) is 2. The summed E-state index contributed by atoms with van der Waals surface area (Å²) < 4.78 is 0. The predicted octanol–water partition coefficient (Wildman–Crippen LogP) is 0.620. The molecule has 88 valence electrons. The van der Waals surface area contributed by atoms with Gasteiger partial charge in [-0.05, 0) is 32.9 Å². The standard InChI is InChI=1S/C12H25N3/c1-10-8-14(3)6-4-12(10)15-7-5-13-11(2)9-15/h10-13H,4-9H2,1-3H3. The second-order valence-electron chi connectivity index (χ2n) is 5.45. The Bertz CT molecular complexity index is 207.